The summed E-state index contributed by atoms with van der Waals surface area (Å²) in [4.78, 5) is 0. The Hall–Kier alpha value is 1.98. The minimum Gasteiger partial charge on any atom is -0.518 e. The fourth-order valence-corrected chi connectivity index (χ4v) is 7.67. The summed E-state index contributed by atoms with van der Waals surface area (Å²) in [5.41, 5.74) is 13.1. The average Bonchev–Trinajstić information content (AvgIpc) is 4.16. The molecule has 0 bridgehead atoms. The van der Waals surface area contributed by atoms with Gasteiger partial charge in [0, 0.05) is 217 Å². The van der Waals surface area contributed by atoms with E-state index in [4.69, 9.17) is 26.3 Å². The second-order valence-corrected chi connectivity index (χ2v) is 11.8. The van der Waals surface area contributed by atoms with Crippen LogP contribution in [0.25, 0.3) is 0 Å². The Morgan fingerprint density at radius 1 is 0.485 bits per heavy atom. The van der Waals surface area contributed by atoms with Crippen LogP contribution in [-0.2, 0) is 136 Å². The molecule has 2 aliphatic carbocycles. The van der Waals surface area contributed by atoms with Crippen LogP contribution in [0.4, 0.5) is 0 Å². The maximum absolute atomic E-state index is 5.96. The molecule has 2 unspecified atom stereocenters. The SMILES string of the molecule is CC.CC.CC.CC.CC.CC.CC.CC.[Ar].[Ar].[CH-]=C[N+]1=[C-]C2=C(C(C)=CC2)C12C1=C([C-]=[N+]2C=[CH-])CC(C)=C1C.[CH-]=C[N+]1=[C-]c2ccccc2C12c1ccc(C)cc1[C-]=[N+]2C=[CH-].[Y].[Y].[Y].[Y]. The van der Waals surface area contributed by atoms with E-state index in [1.54, 1.807) is 12.4 Å². The summed E-state index contributed by atoms with van der Waals surface area (Å²) in [6.45, 7) is 64.3. The van der Waals surface area contributed by atoms with Crippen LogP contribution in [0.2, 0.25) is 0 Å². The van der Waals surface area contributed by atoms with Crippen LogP contribution in [-0.4, -0.2) is 48.8 Å². The number of rotatable bonds is 4. The summed E-state index contributed by atoms with van der Waals surface area (Å²) in [6, 6.07) is 14.4. The molecule has 4 nitrogen and oxygen atoms in total. The van der Waals surface area contributed by atoms with Crippen molar-refractivity contribution in [2.45, 2.75) is 163 Å². The summed E-state index contributed by atoms with van der Waals surface area (Å²) < 4.78 is 7.68. The van der Waals surface area contributed by atoms with Crippen molar-refractivity contribution in [1.29, 1.82) is 0 Å². The molecule has 8 rings (SSSR count). The Labute approximate surface area is 568 Å². The molecular weight excluding hydrogens is 1160 g/mol. The number of benzene rings is 2. The Balaban J connectivity index is -0.000000122. The molecule has 0 fully saturated rings. The fourth-order valence-electron chi connectivity index (χ4n) is 7.67. The van der Waals surface area contributed by atoms with Crippen molar-refractivity contribution in [2.24, 2.45) is 0 Å². The number of allylic oxidation sites excluding steroid dienone is 4. The molecule has 6 aliphatic rings. The van der Waals surface area contributed by atoms with Gasteiger partial charge in [0.15, 0.2) is 12.4 Å². The van der Waals surface area contributed by atoms with Gasteiger partial charge < -0.3 is 26.3 Å². The number of hydrogen-bond acceptors (Lipinski definition) is 0. The molecule has 4 heterocycles. The van der Waals surface area contributed by atoms with E-state index in [1.807, 2.05) is 147 Å². The van der Waals surface area contributed by atoms with Gasteiger partial charge in [0.1, 0.15) is 12.4 Å². The van der Waals surface area contributed by atoms with Gasteiger partial charge in [-0.25, -0.2) is 0 Å². The van der Waals surface area contributed by atoms with Gasteiger partial charge in [0.25, 0.3) is 5.66 Å². The first kappa shape index (κ1) is 84.8. The molecule has 66 heavy (non-hydrogen) atoms. The first-order valence-corrected chi connectivity index (χ1v) is 22.7. The van der Waals surface area contributed by atoms with E-state index in [0.717, 1.165) is 35.1 Å². The first-order chi connectivity index (χ1) is 29.3. The van der Waals surface area contributed by atoms with Crippen molar-refractivity contribution < 1.29 is 225 Å². The molecular formula is C56H80Ar2N4Y4-4. The first-order valence-electron chi connectivity index (χ1n) is 22.7. The largest absolute Gasteiger partial charge is 0.518 e. The third-order valence-corrected chi connectivity index (χ3v) is 9.60. The third-order valence-electron chi connectivity index (χ3n) is 9.60. The van der Waals surface area contributed by atoms with Gasteiger partial charge >= 0.3 is 5.66 Å². The standard InChI is InChI=1S/C20H18N2.C20H14N2.8C2H6.2Ar.4Y/c1-6-21-11-16-9-8-13(3)18(16)20(21)19-15(5)14(4)10-17(19)12-22(20)7-2;1-4-21-13-16-8-6-7-9-18(16)20(21)19-11-10-15(3)12-17(19)14-22(20)5-2;8*1-2;;;;;;/h1-2,6-8H,9-10H2,3-5H3;1-2,4-12H,3H3;8*1-2H3;;;;;;/q2*-2;;;;;;;;;;;;;;. The number of hydrogen-bond donors (Lipinski definition) is 0. The molecule has 0 saturated heterocycles. The summed E-state index contributed by atoms with van der Waals surface area (Å²) in [7, 11) is 0. The Bertz CT molecular complexity index is 2040. The van der Waals surface area contributed by atoms with Crippen molar-refractivity contribution in [3.63, 3.8) is 0 Å². The molecule has 4 aliphatic heterocycles. The minimum absolute atomic E-state index is 0. The van der Waals surface area contributed by atoms with Crippen LogP contribution in [0, 0.1) is 109 Å². The van der Waals surface area contributed by atoms with Crippen LogP contribution in [0.5, 0.6) is 0 Å². The molecule has 2 spiro atoms. The quantitative estimate of drug-likeness (QED) is 0.214. The summed E-state index contributed by atoms with van der Waals surface area (Å²) in [6.07, 6.45) is 23.9. The second kappa shape index (κ2) is 45.6. The normalized spacial score (nSPS) is 17.5. The van der Waals surface area contributed by atoms with Crippen molar-refractivity contribution in [3.8, 4) is 0 Å². The van der Waals surface area contributed by atoms with Crippen LogP contribution >= 0.6 is 0 Å². The van der Waals surface area contributed by atoms with Gasteiger partial charge in [-0.3, -0.25) is 18.3 Å². The van der Waals surface area contributed by atoms with E-state index < -0.39 is 11.3 Å². The van der Waals surface area contributed by atoms with Gasteiger partial charge in [-0.15, -0.1) is 30.6 Å². The van der Waals surface area contributed by atoms with Crippen LogP contribution in [0.3, 0.4) is 0 Å². The van der Waals surface area contributed by atoms with Gasteiger partial charge in [-0.1, -0.05) is 212 Å². The van der Waals surface area contributed by atoms with Gasteiger partial charge in [0.05, 0.1) is 0 Å². The van der Waals surface area contributed by atoms with Gasteiger partial charge in [-0.05, 0) is 37.8 Å². The van der Waals surface area contributed by atoms with E-state index in [2.05, 4.69) is 82.9 Å². The molecule has 0 N–H and O–H groups in total. The molecule has 2 atom stereocenters. The second-order valence-electron chi connectivity index (χ2n) is 11.8. The maximum Gasteiger partial charge on any atom is 0.319 e. The zero-order chi connectivity index (χ0) is 47.0. The summed E-state index contributed by atoms with van der Waals surface area (Å²) >= 11 is 0. The summed E-state index contributed by atoms with van der Waals surface area (Å²) in [5, 5.41) is 0. The van der Waals surface area contributed by atoms with E-state index in [1.165, 1.54) is 57.0 Å². The molecule has 2 aromatic carbocycles. The molecule has 356 valence electrons. The fraction of sp³-hybridized carbons (Fsp3) is 0.429. The zero-order valence-corrected chi connectivity index (χ0v) is 57.2. The minimum atomic E-state index is -0.636. The van der Waals surface area contributed by atoms with Crippen molar-refractivity contribution >= 4 is 24.9 Å². The van der Waals surface area contributed by atoms with Crippen LogP contribution in [0.15, 0.2) is 112 Å². The molecule has 2 aromatic rings. The molecule has 4 radical (unpaired) electrons. The molecule has 0 saturated carbocycles. The Morgan fingerprint density at radius 2 is 0.879 bits per heavy atom. The van der Waals surface area contributed by atoms with Crippen LogP contribution in [0.1, 0.15) is 172 Å². The third kappa shape index (κ3) is 17.3. The topological polar surface area (TPSA) is 12.0 Å². The Morgan fingerprint density at radius 3 is 1.33 bits per heavy atom. The molecule has 0 aromatic heterocycles. The van der Waals surface area contributed by atoms with Crippen molar-refractivity contribution in [3.05, 3.63) is 166 Å². The zero-order valence-electron chi connectivity index (χ0n) is 44.5. The number of aryl methyl sites for hydroxylation is 1. The van der Waals surface area contributed by atoms with Crippen molar-refractivity contribution in [2.75, 3.05) is 0 Å². The van der Waals surface area contributed by atoms with Gasteiger partial charge in [-0.2, -0.15) is 0 Å². The smallest absolute Gasteiger partial charge is 0.319 e. The monoisotopic (exact) mass is 1240 g/mol. The predicted molar refractivity (Wildman–Crippen MR) is 262 cm³/mol. The summed E-state index contributed by atoms with van der Waals surface area (Å²) in [5.74, 6) is 0. The van der Waals surface area contributed by atoms with Gasteiger partial charge in [0.2, 0.25) is 0 Å². The van der Waals surface area contributed by atoms with Crippen molar-refractivity contribution in [1.82, 2.24) is 0 Å². The average molecular weight is 1240 g/mol. The van der Waals surface area contributed by atoms with E-state index in [-0.39, 0.29) is 206 Å². The van der Waals surface area contributed by atoms with E-state index >= 15 is 0 Å². The van der Waals surface area contributed by atoms with E-state index in [9.17, 15) is 0 Å². The van der Waals surface area contributed by atoms with Crippen LogP contribution < -0.4 is 0 Å². The number of fused-ring (bicyclic) bond motifs is 6. The molecule has 10 heteroatoms. The Kier molecular flexibility index (Phi) is 58.5. The maximum atomic E-state index is 5.96. The predicted octanol–water partition coefficient (Wildman–Crippen LogP) is 14.1. The van der Waals surface area contributed by atoms with E-state index in [0.29, 0.717) is 0 Å². The number of nitrogens with zero attached hydrogens (tertiary/aromatic N) is 4. The molecule has 0 amide bonds.